The molecule has 0 aliphatic carbocycles. The number of carbonyl (C=O) groups excluding carboxylic acids is 1. The Hall–Kier alpha value is -3.35. The van der Waals surface area contributed by atoms with Crippen molar-refractivity contribution in [1.82, 2.24) is 9.97 Å². The number of ether oxygens (including phenoxy) is 3. The number of aromatic amines is 1. The average molecular weight is 368 g/mol. The smallest absolute Gasteiger partial charge is 0.338 e. The molecule has 0 saturated carbocycles. The van der Waals surface area contributed by atoms with Gasteiger partial charge in [-0.3, -0.25) is 4.79 Å². The number of esters is 1. The van der Waals surface area contributed by atoms with Crippen LogP contribution in [0.15, 0.2) is 47.3 Å². The van der Waals surface area contributed by atoms with Gasteiger partial charge in [-0.1, -0.05) is 12.1 Å². The maximum atomic E-state index is 12.5. The molecule has 0 unspecified atom stereocenters. The van der Waals surface area contributed by atoms with Crippen molar-refractivity contribution in [3.8, 4) is 11.5 Å². The van der Waals surface area contributed by atoms with Gasteiger partial charge in [0.25, 0.3) is 5.56 Å². The van der Waals surface area contributed by atoms with Crippen LogP contribution in [-0.4, -0.2) is 29.7 Å². The first kappa shape index (κ1) is 18.4. The highest BCUT2D eigenvalue weighted by atomic mass is 16.5. The maximum absolute atomic E-state index is 12.5. The van der Waals surface area contributed by atoms with Gasteiger partial charge in [-0.15, -0.1) is 0 Å². The van der Waals surface area contributed by atoms with Gasteiger partial charge in [0.1, 0.15) is 0 Å². The minimum atomic E-state index is -0.729. The highest BCUT2D eigenvalue weighted by Gasteiger charge is 2.18. The summed E-state index contributed by atoms with van der Waals surface area (Å²) in [5.41, 5.74) is 0.582. The number of benzene rings is 2. The fourth-order valence-corrected chi connectivity index (χ4v) is 2.65. The summed E-state index contributed by atoms with van der Waals surface area (Å²) >= 11 is 0. The van der Waals surface area contributed by atoms with Crippen LogP contribution in [0.3, 0.4) is 0 Å². The predicted molar refractivity (Wildman–Crippen MR) is 100 cm³/mol. The number of hydrogen-bond acceptors (Lipinski definition) is 6. The van der Waals surface area contributed by atoms with Gasteiger partial charge in [-0.2, -0.15) is 0 Å². The summed E-state index contributed by atoms with van der Waals surface area (Å²) in [6, 6.07) is 11.8. The number of nitrogens with one attached hydrogen (secondary N) is 1. The van der Waals surface area contributed by atoms with Crippen molar-refractivity contribution in [3.63, 3.8) is 0 Å². The Morgan fingerprint density at radius 2 is 1.96 bits per heavy atom. The van der Waals surface area contributed by atoms with E-state index in [2.05, 4.69) is 9.97 Å². The Kier molecular flexibility index (Phi) is 5.40. The number of carbonyl (C=O) groups is 1. The molecule has 3 aromatic rings. The molecule has 0 saturated heterocycles. The molecule has 2 aromatic carbocycles. The summed E-state index contributed by atoms with van der Waals surface area (Å²) < 4.78 is 16.2. The van der Waals surface area contributed by atoms with Crippen molar-refractivity contribution < 1.29 is 19.0 Å². The molecule has 0 fully saturated rings. The second-order valence-electron chi connectivity index (χ2n) is 5.81. The molecule has 0 aliphatic rings. The lowest BCUT2D eigenvalue weighted by atomic mass is 10.2. The number of para-hydroxylation sites is 1. The highest BCUT2D eigenvalue weighted by Crippen LogP contribution is 2.29. The van der Waals surface area contributed by atoms with Crippen molar-refractivity contribution >= 4 is 16.9 Å². The molecule has 140 valence electrons. The van der Waals surface area contributed by atoms with E-state index in [9.17, 15) is 9.59 Å². The molecule has 1 aromatic heterocycles. The van der Waals surface area contributed by atoms with Gasteiger partial charge >= 0.3 is 5.97 Å². The number of nitrogens with zero attached hydrogens (tertiary/aromatic N) is 1. The zero-order valence-electron chi connectivity index (χ0n) is 15.3. The van der Waals surface area contributed by atoms with E-state index in [-0.39, 0.29) is 11.4 Å². The Balaban J connectivity index is 1.83. The molecule has 27 heavy (non-hydrogen) atoms. The van der Waals surface area contributed by atoms with E-state index in [0.29, 0.717) is 34.6 Å². The van der Waals surface area contributed by atoms with Crippen LogP contribution in [0.5, 0.6) is 11.5 Å². The Morgan fingerprint density at radius 1 is 1.19 bits per heavy atom. The molecule has 1 atom stereocenters. The SMILES string of the molecule is CCOc1cc(C(=O)O[C@H](C)c2nc3ccccc3c(=O)[nH]2)ccc1OC. The average Bonchev–Trinajstić information content (AvgIpc) is 2.68. The van der Waals surface area contributed by atoms with Crippen molar-refractivity contribution in [2.45, 2.75) is 20.0 Å². The molecule has 1 N–H and O–H groups in total. The van der Waals surface area contributed by atoms with Gasteiger partial charge in [0, 0.05) is 0 Å². The first-order chi connectivity index (χ1) is 13.0. The fourth-order valence-electron chi connectivity index (χ4n) is 2.65. The highest BCUT2D eigenvalue weighted by molar-refractivity contribution is 5.90. The van der Waals surface area contributed by atoms with E-state index < -0.39 is 12.1 Å². The van der Waals surface area contributed by atoms with Gasteiger partial charge in [-0.05, 0) is 44.2 Å². The zero-order valence-corrected chi connectivity index (χ0v) is 15.3. The minimum Gasteiger partial charge on any atom is -0.493 e. The summed E-state index contributed by atoms with van der Waals surface area (Å²) in [7, 11) is 1.53. The van der Waals surface area contributed by atoms with E-state index in [4.69, 9.17) is 14.2 Å². The van der Waals surface area contributed by atoms with E-state index in [1.807, 2.05) is 6.92 Å². The number of methoxy groups -OCH3 is 1. The monoisotopic (exact) mass is 368 g/mol. The minimum absolute atomic E-state index is 0.276. The zero-order chi connectivity index (χ0) is 19.4. The summed E-state index contributed by atoms with van der Waals surface area (Å²) in [6.45, 7) is 3.93. The van der Waals surface area contributed by atoms with E-state index in [1.54, 1.807) is 49.4 Å². The molecule has 1 heterocycles. The second-order valence-corrected chi connectivity index (χ2v) is 5.81. The Labute approximate surface area is 155 Å². The van der Waals surface area contributed by atoms with Gasteiger partial charge in [0.15, 0.2) is 23.4 Å². The van der Waals surface area contributed by atoms with Crippen molar-refractivity contribution in [2.75, 3.05) is 13.7 Å². The number of fused-ring (bicyclic) bond motifs is 1. The molecule has 0 radical (unpaired) electrons. The van der Waals surface area contributed by atoms with Gasteiger partial charge in [0.2, 0.25) is 0 Å². The standard InChI is InChI=1S/C20H20N2O5/c1-4-26-17-11-13(9-10-16(17)25-3)20(24)27-12(2)18-21-15-8-6-5-7-14(15)19(23)22-18/h5-12H,4H2,1-3H3,(H,21,22,23)/t12-/m1/s1. The molecule has 7 heteroatoms. The Bertz CT molecular complexity index is 1030. The lowest BCUT2D eigenvalue weighted by Crippen LogP contribution is -2.17. The van der Waals surface area contributed by atoms with Gasteiger partial charge in [0.05, 0.1) is 30.2 Å². The third-order valence-electron chi connectivity index (χ3n) is 4.00. The van der Waals surface area contributed by atoms with Gasteiger partial charge < -0.3 is 19.2 Å². The van der Waals surface area contributed by atoms with Crippen LogP contribution >= 0.6 is 0 Å². The molecule has 0 bridgehead atoms. The quantitative estimate of drug-likeness (QED) is 0.672. The van der Waals surface area contributed by atoms with Crippen LogP contribution in [0.4, 0.5) is 0 Å². The summed E-state index contributed by atoms with van der Waals surface area (Å²) in [5.74, 6) is 0.717. The van der Waals surface area contributed by atoms with Crippen molar-refractivity contribution in [3.05, 3.63) is 64.2 Å². The van der Waals surface area contributed by atoms with Crippen LogP contribution in [-0.2, 0) is 4.74 Å². The van der Waals surface area contributed by atoms with E-state index in [1.165, 1.54) is 7.11 Å². The first-order valence-corrected chi connectivity index (χ1v) is 8.54. The number of H-pyrrole nitrogens is 1. The molecular weight excluding hydrogens is 348 g/mol. The van der Waals surface area contributed by atoms with Crippen LogP contribution in [0.2, 0.25) is 0 Å². The van der Waals surface area contributed by atoms with Crippen molar-refractivity contribution in [1.29, 1.82) is 0 Å². The maximum Gasteiger partial charge on any atom is 0.338 e. The second kappa shape index (κ2) is 7.90. The van der Waals surface area contributed by atoms with E-state index >= 15 is 0 Å². The molecule has 0 aliphatic heterocycles. The molecular formula is C20H20N2O5. The Morgan fingerprint density at radius 3 is 2.70 bits per heavy atom. The predicted octanol–water partition coefficient (Wildman–Crippen LogP) is 3.25. The molecule has 3 rings (SSSR count). The third-order valence-corrected chi connectivity index (χ3v) is 4.00. The van der Waals surface area contributed by atoms with E-state index in [0.717, 1.165) is 0 Å². The number of aromatic nitrogens is 2. The lowest BCUT2D eigenvalue weighted by molar-refractivity contribution is 0.0319. The summed E-state index contributed by atoms with van der Waals surface area (Å²) in [6.07, 6.45) is -0.729. The van der Waals surface area contributed by atoms with Crippen LogP contribution < -0.4 is 15.0 Å². The lowest BCUT2D eigenvalue weighted by Gasteiger charge is -2.14. The molecule has 0 amide bonds. The van der Waals surface area contributed by atoms with Gasteiger partial charge in [-0.25, -0.2) is 9.78 Å². The van der Waals surface area contributed by atoms with Crippen LogP contribution in [0, 0.1) is 0 Å². The molecule has 0 spiro atoms. The largest absolute Gasteiger partial charge is 0.493 e. The first-order valence-electron chi connectivity index (χ1n) is 8.54. The number of hydrogen-bond donors (Lipinski definition) is 1. The van der Waals surface area contributed by atoms with Crippen molar-refractivity contribution in [2.24, 2.45) is 0 Å². The normalized spacial score (nSPS) is 11.8. The number of rotatable bonds is 6. The fraction of sp³-hybridized carbons (Fsp3) is 0.250. The summed E-state index contributed by atoms with van der Waals surface area (Å²) in [5, 5.41) is 0.483. The summed E-state index contributed by atoms with van der Waals surface area (Å²) in [4.78, 5) is 31.7. The van der Waals surface area contributed by atoms with Crippen LogP contribution in [0.1, 0.15) is 36.1 Å². The van der Waals surface area contributed by atoms with Crippen LogP contribution in [0.25, 0.3) is 10.9 Å². The third kappa shape index (κ3) is 3.92. The molecule has 7 nitrogen and oxygen atoms in total. The topological polar surface area (TPSA) is 90.5 Å².